The molecule has 0 aliphatic carbocycles. The lowest BCUT2D eigenvalue weighted by atomic mass is 10.0. The van der Waals surface area contributed by atoms with E-state index in [1.165, 1.54) is 24.4 Å². The quantitative estimate of drug-likeness (QED) is 0.298. The van der Waals surface area contributed by atoms with Crippen LogP contribution < -0.4 is 15.8 Å². The summed E-state index contributed by atoms with van der Waals surface area (Å²) < 4.78 is 10.3. The summed E-state index contributed by atoms with van der Waals surface area (Å²) in [7, 11) is 1.14. The Bertz CT molecular complexity index is 886. The summed E-state index contributed by atoms with van der Waals surface area (Å²) >= 11 is 0. The molecule has 150 valence electrons. The summed E-state index contributed by atoms with van der Waals surface area (Å²) in [6.07, 6.45) is 0.368. The van der Waals surface area contributed by atoms with E-state index in [0.717, 1.165) is 7.11 Å². The molecule has 0 saturated carbocycles. The Morgan fingerprint density at radius 1 is 1.32 bits per heavy atom. The Morgan fingerprint density at radius 3 is 2.64 bits per heavy atom. The predicted molar refractivity (Wildman–Crippen MR) is 100 cm³/mol. The second-order valence-electron chi connectivity index (χ2n) is 6.51. The van der Waals surface area contributed by atoms with Gasteiger partial charge in [-0.1, -0.05) is 13.8 Å². The van der Waals surface area contributed by atoms with Crippen molar-refractivity contribution in [1.82, 2.24) is 10.3 Å². The predicted octanol–water partition coefficient (Wildman–Crippen LogP) is 1.51. The molecule has 2 atom stereocenters. The van der Waals surface area contributed by atoms with Crippen LogP contribution in [-0.2, 0) is 14.3 Å². The number of non-ortho nitro benzene ring substituents is 1. The van der Waals surface area contributed by atoms with Crippen LogP contribution in [0.3, 0.4) is 0 Å². The molecule has 3 N–H and O–H groups in total. The number of carbonyl (C=O) groups excluding carboxylic acids is 2. The third-order valence-electron chi connectivity index (χ3n) is 3.90. The van der Waals surface area contributed by atoms with Gasteiger partial charge in [0.05, 0.1) is 23.5 Å². The summed E-state index contributed by atoms with van der Waals surface area (Å²) in [4.78, 5) is 39.1. The number of nitro benzene ring substituents is 1. The number of aromatic nitrogens is 1. The summed E-state index contributed by atoms with van der Waals surface area (Å²) in [5.74, 6) is -1.17. The Morgan fingerprint density at radius 2 is 2.04 bits per heavy atom. The van der Waals surface area contributed by atoms with Crippen LogP contribution in [-0.4, -0.2) is 41.2 Å². The van der Waals surface area contributed by atoms with Crippen LogP contribution >= 0.6 is 0 Å². The van der Waals surface area contributed by atoms with Gasteiger partial charge in [-0.2, -0.15) is 0 Å². The standard InChI is InChI=1S/C18H22N4O6/c1-10(2)9-12(19)16(23)21-17(18(24)27-3)28-14-7-6-13(22(25)26)11-5-4-8-20-15(11)14/h4-8,10,12,17H,9,19H2,1-3H3,(H,21,23)/t12-,17-/m0/s1. The van der Waals surface area contributed by atoms with Gasteiger partial charge < -0.3 is 20.5 Å². The number of nitrogens with zero attached hydrogens (tertiary/aromatic N) is 2. The van der Waals surface area contributed by atoms with Gasteiger partial charge in [-0.05, 0) is 30.5 Å². The third kappa shape index (κ3) is 4.92. The highest BCUT2D eigenvalue weighted by Gasteiger charge is 2.28. The molecular formula is C18H22N4O6. The third-order valence-corrected chi connectivity index (χ3v) is 3.90. The maximum atomic E-state index is 12.3. The first-order valence-electron chi connectivity index (χ1n) is 8.57. The van der Waals surface area contributed by atoms with Crippen molar-refractivity contribution in [1.29, 1.82) is 0 Å². The van der Waals surface area contributed by atoms with Gasteiger partial charge in [0.15, 0.2) is 0 Å². The fourth-order valence-electron chi connectivity index (χ4n) is 2.61. The zero-order valence-electron chi connectivity index (χ0n) is 15.7. The number of hydrogen-bond acceptors (Lipinski definition) is 8. The first-order chi connectivity index (χ1) is 13.2. The van der Waals surface area contributed by atoms with Crippen molar-refractivity contribution >= 4 is 28.5 Å². The number of amides is 1. The van der Waals surface area contributed by atoms with Crippen molar-refractivity contribution < 1.29 is 24.0 Å². The Hall–Kier alpha value is -3.27. The van der Waals surface area contributed by atoms with Crippen molar-refractivity contribution in [3.05, 3.63) is 40.6 Å². The van der Waals surface area contributed by atoms with E-state index < -0.39 is 29.1 Å². The largest absolute Gasteiger partial charge is 0.465 e. The van der Waals surface area contributed by atoms with E-state index in [0.29, 0.717) is 6.42 Å². The maximum Gasteiger partial charge on any atom is 0.368 e. The molecule has 1 aromatic heterocycles. The van der Waals surface area contributed by atoms with Crippen molar-refractivity contribution in [3.63, 3.8) is 0 Å². The Kier molecular flexibility index (Phi) is 6.83. The molecule has 0 radical (unpaired) electrons. The number of nitro groups is 1. The fourth-order valence-corrected chi connectivity index (χ4v) is 2.61. The van der Waals surface area contributed by atoms with Crippen molar-refractivity contribution in [2.75, 3.05) is 7.11 Å². The molecular weight excluding hydrogens is 368 g/mol. The lowest BCUT2D eigenvalue weighted by molar-refractivity contribution is -0.383. The molecule has 0 fully saturated rings. The number of nitrogens with one attached hydrogen (secondary N) is 1. The van der Waals surface area contributed by atoms with Crippen LogP contribution in [0.1, 0.15) is 20.3 Å². The average molecular weight is 390 g/mol. The summed E-state index contributed by atoms with van der Waals surface area (Å²) in [5.41, 5.74) is 5.85. The lowest BCUT2D eigenvalue weighted by Gasteiger charge is -2.21. The van der Waals surface area contributed by atoms with Crippen molar-refractivity contribution in [2.24, 2.45) is 11.7 Å². The van der Waals surface area contributed by atoms with Crippen LogP contribution in [0.2, 0.25) is 0 Å². The lowest BCUT2D eigenvalue weighted by Crippen LogP contribution is -2.51. The number of rotatable bonds is 8. The molecule has 2 aromatic rings. The average Bonchev–Trinajstić information content (AvgIpc) is 2.66. The molecule has 1 amide bonds. The number of carbonyl (C=O) groups is 2. The number of benzene rings is 1. The minimum atomic E-state index is -1.48. The van der Waals surface area contributed by atoms with Crippen LogP contribution in [0.5, 0.6) is 5.75 Å². The molecule has 1 aromatic carbocycles. The first kappa shape index (κ1) is 21.0. The molecule has 0 aliphatic heterocycles. The van der Waals surface area contributed by atoms with Crippen LogP contribution in [0.4, 0.5) is 5.69 Å². The second kappa shape index (κ2) is 9.09. The zero-order valence-corrected chi connectivity index (χ0v) is 15.7. The van der Waals surface area contributed by atoms with Crippen LogP contribution in [0.15, 0.2) is 30.5 Å². The molecule has 0 bridgehead atoms. The van der Waals surface area contributed by atoms with E-state index in [1.807, 2.05) is 13.8 Å². The summed E-state index contributed by atoms with van der Waals surface area (Å²) in [6.45, 7) is 3.83. The van der Waals surface area contributed by atoms with E-state index in [1.54, 1.807) is 6.07 Å². The molecule has 10 heteroatoms. The van der Waals surface area contributed by atoms with Gasteiger partial charge in [0.2, 0.25) is 5.91 Å². The molecule has 28 heavy (non-hydrogen) atoms. The van der Waals surface area contributed by atoms with Crippen LogP contribution in [0, 0.1) is 16.0 Å². The van der Waals surface area contributed by atoms with Gasteiger partial charge in [-0.3, -0.25) is 19.9 Å². The van der Waals surface area contributed by atoms with Gasteiger partial charge in [0, 0.05) is 12.3 Å². The van der Waals surface area contributed by atoms with Gasteiger partial charge in [0.1, 0.15) is 11.3 Å². The maximum absolute atomic E-state index is 12.3. The number of hydrogen-bond donors (Lipinski definition) is 2. The number of methoxy groups -OCH3 is 1. The number of fused-ring (bicyclic) bond motifs is 1. The first-order valence-corrected chi connectivity index (χ1v) is 8.57. The van der Waals surface area contributed by atoms with E-state index >= 15 is 0 Å². The number of esters is 1. The smallest absolute Gasteiger partial charge is 0.368 e. The van der Waals surface area contributed by atoms with E-state index in [2.05, 4.69) is 15.0 Å². The minimum absolute atomic E-state index is 0.0781. The van der Waals surface area contributed by atoms with E-state index in [9.17, 15) is 19.7 Å². The summed E-state index contributed by atoms with van der Waals surface area (Å²) in [5, 5.41) is 13.8. The molecule has 0 spiro atoms. The number of pyridine rings is 1. The molecule has 10 nitrogen and oxygen atoms in total. The normalized spacial score (nSPS) is 13.0. The van der Waals surface area contributed by atoms with Gasteiger partial charge in [-0.15, -0.1) is 0 Å². The molecule has 0 aliphatic rings. The van der Waals surface area contributed by atoms with Crippen molar-refractivity contribution in [3.8, 4) is 5.75 Å². The Balaban J connectivity index is 2.33. The van der Waals surface area contributed by atoms with E-state index in [4.69, 9.17) is 10.5 Å². The topological polar surface area (TPSA) is 147 Å². The number of ether oxygens (including phenoxy) is 2. The molecule has 2 rings (SSSR count). The van der Waals surface area contributed by atoms with Gasteiger partial charge in [0.25, 0.3) is 11.9 Å². The van der Waals surface area contributed by atoms with Crippen LogP contribution in [0.25, 0.3) is 10.9 Å². The monoisotopic (exact) mass is 390 g/mol. The minimum Gasteiger partial charge on any atom is -0.465 e. The molecule has 0 saturated heterocycles. The SMILES string of the molecule is COC(=O)[C@@H](NC(=O)[C@@H](N)CC(C)C)Oc1ccc([N+](=O)[O-])c2cccnc12. The molecule has 1 heterocycles. The fraction of sp³-hybridized carbons (Fsp3) is 0.389. The van der Waals surface area contributed by atoms with E-state index in [-0.39, 0.29) is 28.3 Å². The zero-order chi connectivity index (χ0) is 20.8. The number of nitrogens with two attached hydrogens (primary N) is 1. The molecule has 0 unspecified atom stereocenters. The van der Waals surface area contributed by atoms with Gasteiger partial charge in [-0.25, -0.2) is 4.79 Å². The Labute approximate surface area is 161 Å². The second-order valence-corrected chi connectivity index (χ2v) is 6.51. The highest BCUT2D eigenvalue weighted by atomic mass is 16.6. The summed E-state index contributed by atoms with van der Waals surface area (Å²) in [6, 6.07) is 4.77. The van der Waals surface area contributed by atoms with Crippen molar-refractivity contribution in [2.45, 2.75) is 32.5 Å². The highest BCUT2D eigenvalue weighted by molar-refractivity contribution is 5.93. The highest BCUT2D eigenvalue weighted by Crippen LogP contribution is 2.31. The van der Waals surface area contributed by atoms with Gasteiger partial charge >= 0.3 is 5.97 Å².